The van der Waals surface area contributed by atoms with Crippen molar-refractivity contribution >= 4 is 17.2 Å². The SMILES string of the molecule is CC(C)(C)c1ccc(/C(=C\Cn2ccccc2=O)c2ccc(Cl)c(=O)[nH]2)cc1. The highest BCUT2D eigenvalue weighted by molar-refractivity contribution is 6.30. The van der Waals surface area contributed by atoms with E-state index in [0.717, 1.165) is 11.1 Å². The van der Waals surface area contributed by atoms with E-state index in [1.54, 1.807) is 29.0 Å². The van der Waals surface area contributed by atoms with Crippen molar-refractivity contribution in [1.29, 1.82) is 0 Å². The van der Waals surface area contributed by atoms with Crippen LogP contribution in [0.25, 0.3) is 5.57 Å². The average Bonchev–Trinajstić information content (AvgIpc) is 2.66. The maximum atomic E-state index is 12.0. The Morgan fingerprint density at radius 1 is 1.04 bits per heavy atom. The minimum Gasteiger partial charge on any atom is -0.321 e. The number of aromatic amines is 1. The summed E-state index contributed by atoms with van der Waals surface area (Å²) in [5.74, 6) is 0. The molecule has 3 rings (SSSR count). The fourth-order valence-electron chi connectivity index (χ4n) is 2.95. The first kappa shape index (κ1) is 19.9. The van der Waals surface area contributed by atoms with Gasteiger partial charge in [0.2, 0.25) is 0 Å². The number of nitrogens with one attached hydrogen (secondary N) is 1. The molecule has 5 heteroatoms. The molecule has 1 aromatic carbocycles. The minimum absolute atomic E-state index is 0.0499. The van der Waals surface area contributed by atoms with Crippen molar-refractivity contribution in [2.45, 2.75) is 32.7 Å². The number of allylic oxidation sites excluding steroid dienone is 1. The second-order valence-corrected chi connectivity index (χ2v) is 8.09. The van der Waals surface area contributed by atoms with Gasteiger partial charge in [-0.15, -0.1) is 0 Å². The van der Waals surface area contributed by atoms with Crippen LogP contribution in [0.15, 0.2) is 76.5 Å². The fraction of sp³-hybridized carbons (Fsp3) is 0.217. The molecule has 0 bridgehead atoms. The number of pyridine rings is 2. The highest BCUT2D eigenvalue weighted by atomic mass is 35.5. The zero-order valence-electron chi connectivity index (χ0n) is 16.2. The second-order valence-electron chi connectivity index (χ2n) is 7.69. The van der Waals surface area contributed by atoms with E-state index in [2.05, 4.69) is 37.9 Å². The number of benzene rings is 1. The Hall–Kier alpha value is -2.85. The Balaban J connectivity index is 2.07. The Morgan fingerprint density at radius 2 is 1.75 bits per heavy atom. The number of rotatable bonds is 4. The van der Waals surface area contributed by atoms with E-state index in [0.29, 0.717) is 12.2 Å². The van der Waals surface area contributed by atoms with Gasteiger partial charge in [0.05, 0.1) is 0 Å². The summed E-state index contributed by atoms with van der Waals surface area (Å²) in [6, 6.07) is 16.7. The van der Waals surface area contributed by atoms with Gasteiger partial charge in [0, 0.05) is 30.1 Å². The van der Waals surface area contributed by atoms with Gasteiger partial charge in [-0.05, 0) is 34.7 Å². The minimum atomic E-state index is -0.340. The molecule has 0 amide bonds. The van der Waals surface area contributed by atoms with E-state index in [1.807, 2.05) is 24.3 Å². The lowest BCUT2D eigenvalue weighted by atomic mass is 9.86. The van der Waals surface area contributed by atoms with E-state index >= 15 is 0 Å². The molecule has 0 unspecified atom stereocenters. The topological polar surface area (TPSA) is 54.9 Å². The van der Waals surface area contributed by atoms with E-state index in [4.69, 9.17) is 11.6 Å². The van der Waals surface area contributed by atoms with E-state index in [-0.39, 0.29) is 21.6 Å². The standard InChI is InChI=1S/C23H23ClN2O2/c1-23(2,3)17-9-7-16(8-10-17)18(20-12-11-19(24)22(28)25-20)13-15-26-14-5-4-6-21(26)27/h4-14H,15H2,1-3H3,(H,25,28)/b18-13+. The average molecular weight is 395 g/mol. The quantitative estimate of drug-likeness (QED) is 0.702. The van der Waals surface area contributed by atoms with Crippen LogP contribution in [0.3, 0.4) is 0 Å². The van der Waals surface area contributed by atoms with Crippen LogP contribution in [0, 0.1) is 0 Å². The van der Waals surface area contributed by atoms with Crippen LogP contribution in [-0.2, 0) is 12.0 Å². The van der Waals surface area contributed by atoms with Crippen molar-refractivity contribution in [2.75, 3.05) is 0 Å². The number of hydrogen-bond acceptors (Lipinski definition) is 2. The summed E-state index contributed by atoms with van der Waals surface area (Å²) in [6.07, 6.45) is 3.68. The first-order valence-electron chi connectivity index (χ1n) is 9.11. The third kappa shape index (κ3) is 4.52. The van der Waals surface area contributed by atoms with Crippen LogP contribution in [0.2, 0.25) is 5.02 Å². The molecule has 0 spiro atoms. The van der Waals surface area contributed by atoms with Crippen LogP contribution in [0.1, 0.15) is 37.6 Å². The Labute approximate surface area is 169 Å². The Kier molecular flexibility index (Phi) is 5.71. The summed E-state index contributed by atoms with van der Waals surface area (Å²) in [5.41, 5.74) is 3.30. The van der Waals surface area contributed by atoms with Gasteiger partial charge in [-0.25, -0.2) is 0 Å². The van der Waals surface area contributed by atoms with Crippen molar-refractivity contribution < 1.29 is 0 Å². The normalized spacial score (nSPS) is 12.2. The van der Waals surface area contributed by atoms with Crippen LogP contribution < -0.4 is 11.1 Å². The number of H-pyrrole nitrogens is 1. The predicted octanol–water partition coefficient (Wildman–Crippen LogP) is 4.62. The zero-order chi connectivity index (χ0) is 20.3. The molecule has 0 radical (unpaired) electrons. The summed E-state index contributed by atoms with van der Waals surface area (Å²) in [4.78, 5) is 26.9. The third-order valence-corrected chi connectivity index (χ3v) is 4.90. The van der Waals surface area contributed by atoms with Gasteiger partial charge in [0.15, 0.2) is 0 Å². The zero-order valence-corrected chi connectivity index (χ0v) is 17.0. The smallest absolute Gasteiger partial charge is 0.267 e. The van der Waals surface area contributed by atoms with Crippen LogP contribution in [0.4, 0.5) is 0 Å². The number of halogens is 1. The van der Waals surface area contributed by atoms with Gasteiger partial charge in [-0.1, -0.05) is 68.8 Å². The Bertz CT molecular complexity index is 1120. The Morgan fingerprint density at radius 3 is 2.36 bits per heavy atom. The van der Waals surface area contributed by atoms with Gasteiger partial charge in [0.25, 0.3) is 11.1 Å². The first-order valence-corrected chi connectivity index (χ1v) is 9.49. The lowest BCUT2D eigenvalue weighted by Crippen LogP contribution is -2.17. The lowest BCUT2D eigenvalue weighted by Gasteiger charge is -2.19. The van der Waals surface area contributed by atoms with Crippen molar-refractivity contribution in [3.8, 4) is 0 Å². The summed E-state index contributed by atoms with van der Waals surface area (Å²) in [7, 11) is 0. The van der Waals surface area contributed by atoms with Gasteiger partial charge < -0.3 is 9.55 Å². The largest absolute Gasteiger partial charge is 0.321 e. The molecule has 0 aliphatic carbocycles. The molecule has 0 saturated heterocycles. The maximum Gasteiger partial charge on any atom is 0.267 e. The van der Waals surface area contributed by atoms with Gasteiger partial charge in [-0.2, -0.15) is 0 Å². The molecule has 0 atom stereocenters. The molecule has 2 heterocycles. The lowest BCUT2D eigenvalue weighted by molar-refractivity contribution is 0.590. The molecule has 28 heavy (non-hydrogen) atoms. The van der Waals surface area contributed by atoms with E-state index in [9.17, 15) is 9.59 Å². The molecule has 144 valence electrons. The molecule has 0 fully saturated rings. The van der Waals surface area contributed by atoms with Gasteiger partial charge >= 0.3 is 0 Å². The van der Waals surface area contributed by atoms with Gasteiger partial charge in [0.1, 0.15) is 5.02 Å². The summed E-state index contributed by atoms with van der Waals surface area (Å²) in [6.45, 7) is 6.88. The molecule has 1 N–H and O–H groups in total. The van der Waals surface area contributed by atoms with Crippen LogP contribution in [0.5, 0.6) is 0 Å². The molecular formula is C23H23ClN2O2. The van der Waals surface area contributed by atoms with Crippen molar-refractivity contribution in [2.24, 2.45) is 0 Å². The molecule has 3 aromatic rings. The molecular weight excluding hydrogens is 372 g/mol. The summed E-state index contributed by atoms with van der Waals surface area (Å²) >= 11 is 5.89. The monoisotopic (exact) mass is 394 g/mol. The summed E-state index contributed by atoms with van der Waals surface area (Å²) < 4.78 is 1.61. The first-order chi connectivity index (χ1) is 13.3. The van der Waals surface area contributed by atoms with Crippen LogP contribution in [-0.4, -0.2) is 9.55 Å². The van der Waals surface area contributed by atoms with Crippen molar-refractivity contribution in [3.63, 3.8) is 0 Å². The van der Waals surface area contributed by atoms with E-state index < -0.39 is 0 Å². The highest BCUT2D eigenvalue weighted by Gasteiger charge is 2.14. The fourth-order valence-corrected chi connectivity index (χ4v) is 3.06. The van der Waals surface area contributed by atoms with Crippen molar-refractivity contribution in [1.82, 2.24) is 9.55 Å². The maximum absolute atomic E-state index is 12.0. The second kappa shape index (κ2) is 8.03. The molecule has 0 saturated carbocycles. The predicted molar refractivity (Wildman–Crippen MR) is 115 cm³/mol. The highest BCUT2D eigenvalue weighted by Crippen LogP contribution is 2.27. The molecule has 2 aromatic heterocycles. The number of aromatic nitrogens is 2. The molecule has 0 aliphatic rings. The van der Waals surface area contributed by atoms with Gasteiger partial charge in [-0.3, -0.25) is 9.59 Å². The molecule has 4 nitrogen and oxygen atoms in total. The van der Waals surface area contributed by atoms with E-state index in [1.165, 1.54) is 11.6 Å². The third-order valence-electron chi connectivity index (χ3n) is 4.60. The van der Waals surface area contributed by atoms with Crippen molar-refractivity contribution in [3.05, 3.63) is 109 Å². The summed E-state index contributed by atoms with van der Waals surface area (Å²) in [5, 5.41) is 0.144. The number of nitrogens with zero attached hydrogens (tertiary/aromatic N) is 1. The molecule has 0 aliphatic heterocycles. The van der Waals surface area contributed by atoms with Crippen LogP contribution >= 0.6 is 11.6 Å². The number of hydrogen-bond donors (Lipinski definition) is 1.